The number of nitrogens with one attached hydrogen (secondary N) is 1. The lowest BCUT2D eigenvalue weighted by molar-refractivity contribution is 0.0511. The molecule has 0 radical (unpaired) electrons. The summed E-state index contributed by atoms with van der Waals surface area (Å²) in [5.74, 6) is 1.25. The number of quaternary nitrogens is 1. The van der Waals surface area contributed by atoms with Crippen LogP contribution >= 0.6 is 11.6 Å². The van der Waals surface area contributed by atoms with Crippen molar-refractivity contribution in [3.63, 3.8) is 0 Å². The van der Waals surface area contributed by atoms with Crippen molar-refractivity contribution >= 4 is 29.1 Å². The summed E-state index contributed by atoms with van der Waals surface area (Å²) in [4.78, 5) is 8.41. The summed E-state index contributed by atoms with van der Waals surface area (Å²) in [6.45, 7) is 3.89. The number of fused-ring (bicyclic) bond motifs is 2. The van der Waals surface area contributed by atoms with Crippen molar-refractivity contribution in [2.24, 2.45) is 0 Å². The molecule has 0 saturated carbocycles. The fourth-order valence-electron chi connectivity index (χ4n) is 4.28. The number of anilines is 2. The van der Waals surface area contributed by atoms with E-state index >= 15 is 0 Å². The first-order chi connectivity index (χ1) is 12.0. The number of rotatable bonds is 4. The molecule has 1 saturated heterocycles. The van der Waals surface area contributed by atoms with Gasteiger partial charge < -0.3 is 20.9 Å². The van der Waals surface area contributed by atoms with Gasteiger partial charge in [-0.15, -0.1) is 0 Å². The highest BCUT2D eigenvalue weighted by Crippen LogP contribution is 2.50. The number of phenolic OH excluding ortho intramolecular Hbond substituents is 1. The number of halogens is 1. The Balaban J connectivity index is 1.70. The Hall–Kier alpha value is -2.09. The van der Waals surface area contributed by atoms with Gasteiger partial charge in [0.2, 0.25) is 5.95 Å². The standard InChI is InChI=1S/C17H20ClN5O2/c1-25-5-4-23(15-13(18)7-20-16(19)22-15)9-17(10-23)8-21-14-6-11(24)2-3-12(14)17/h2-3,6-7,21H,4-5,8-10H2,1H3,(H2-,19,20,22,24)/p+1. The molecule has 0 aliphatic carbocycles. The lowest BCUT2D eigenvalue weighted by atomic mass is 9.73. The molecular weight excluding hydrogens is 342 g/mol. The summed E-state index contributed by atoms with van der Waals surface area (Å²) in [6, 6.07) is 5.53. The van der Waals surface area contributed by atoms with Gasteiger partial charge in [0.25, 0.3) is 5.82 Å². The molecule has 8 heteroatoms. The van der Waals surface area contributed by atoms with Crippen molar-refractivity contribution < 1.29 is 9.84 Å². The van der Waals surface area contributed by atoms with Crippen LogP contribution in [0.15, 0.2) is 24.4 Å². The van der Waals surface area contributed by atoms with Gasteiger partial charge in [0.15, 0.2) is 0 Å². The van der Waals surface area contributed by atoms with E-state index in [4.69, 9.17) is 22.1 Å². The number of ether oxygens (including phenoxy) is 1. The second-order valence-corrected chi connectivity index (χ2v) is 7.35. The lowest BCUT2D eigenvalue weighted by Gasteiger charge is -2.54. The van der Waals surface area contributed by atoms with E-state index in [0.29, 0.717) is 16.1 Å². The topological polar surface area (TPSA) is 93.3 Å². The van der Waals surface area contributed by atoms with Crippen molar-refractivity contribution in [2.45, 2.75) is 5.41 Å². The van der Waals surface area contributed by atoms with Crippen LogP contribution in [0.2, 0.25) is 5.02 Å². The third kappa shape index (κ3) is 2.50. The summed E-state index contributed by atoms with van der Waals surface area (Å²) in [7, 11) is 1.69. The van der Waals surface area contributed by atoms with Gasteiger partial charge in [0.05, 0.1) is 12.8 Å². The number of methoxy groups -OCH3 is 1. The predicted octanol–water partition coefficient (Wildman–Crippen LogP) is 1.75. The molecule has 2 aromatic rings. The van der Waals surface area contributed by atoms with Crippen molar-refractivity contribution in [3.8, 4) is 5.75 Å². The zero-order valence-corrected chi connectivity index (χ0v) is 14.8. The number of benzene rings is 1. The molecule has 25 heavy (non-hydrogen) atoms. The number of hydrogen-bond donors (Lipinski definition) is 3. The second kappa shape index (κ2) is 5.72. The first-order valence-electron chi connectivity index (χ1n) is 8.19. The van der Waals surface area contributed by atoms with Crippen LogP contribution in [-0.2, 0) is 10.2 Å². The van der Waals surface area contributed by atoms with E-state index in [2.05, 4.69) is 15.3 Å². The average molecular weight is 363 g/mol. The Bertz CT molecular complexity index is 823. The molecule has 4 rings (SSSR count). The molecule has 2 aliphatic heterocycles. The van der Waals surface area contributed by atoms with Crippen LogP contribution in [0.1, 0.15) is 5.56 Å². The van der Waals surface area contributed by atoms with Crippen LogP contribution in [0.5, 0.6) is 5.75 Å². The third-order valence-electron chi connectivity index (χ3n) is 5.32. The number of nitrogen functional groups attached to an aromatic ring is 1. The minimum absolute atomic E-state index is 0.000183. The second-order valence-electron chi connectivity index (χ2n) is 6.94. The Labute approximate surface area is 151 Å². The van der Waals surface area contributed by atoms with Crippen LogP contribution in [0, 0.1) is 0 Å². The van der Waals surface area contributed by atoms with E-state index in [-0.39, 0.29) is 17.1 Å². The summed E-state index contributed by atoms with van der Waals surface area (Å²) >= 11 is 6.40. The van der Waals surface area contributed by atoms with Crippen LogP contribution in [0.25, 0.3) is 0 Å². The highest BCUT2D eigenvalue weighted by molar-refractivity contribution is 6.32. The van der Waals surface area contributed by atoms with Gasteiger partial charge in [-0.1, -0.05) is 17.7 Å². The predicted molar refractivity (Wildman–Crippen MR) is 98.0 cm³/mol. The van der Waals surface area contributed by atoms with E-state index in [9.17, 15) is 5.11 Å². The molecule has 0 bridgehead atoms. The molecule has 0 amide bonds. The first kappa shape index (κ1) is 16.4. The third-order valence-corrected chi connectivity index (χ3v) is 5.59. The van der Waals surface area contributed by atoms with Gasteiger partial charge in [0.1, 0.15) is 35.8 Å². The molecule has 3 heterocycles. The van der Waals surface area contributed by atoms with Crippen LogP contribution in [-0.4, -0.2) is 55.0 Å². The van der Waals surface area contributed by atoms with Gasteiger partial charge >= 0.3 is 0 Å². The smallest absolute Gasteiger partial charge is 0.251 e. The molecule has 0 unspecified atom stereocenters. The molecule has 7 nitrogen and oxygen atoms in total. The fraction of sp³-hybridized carbons (Fsp3) is 0.412. The molecule has 1 spiro atoms. The van der Waals surface area contributed by atoms with Gasteiger partial charge in [-0.2, -0.15) is 4.98 Å². The van der Waals surface area contributed by atoms with E-state index in [1.54, 1.807) is 25.4 Å². The minimum Gasteiger partial charge on any atom is -0.508 e. The van der Waals surface area contributed by atoms with Crippen molar-refractivity contribution in [1.82, 2.24) is 14.5 Å². The normalized spacial score (nSPS) is 27.0. The van der Waals surface area contributed by atoms with Crippen molar-refractivity contribution in [3.05, 3.63) is 35.0 Å². The Kier molecular flexibility index (Phi) is 3.75. The summed E-state index contributed by atoms with van der Waals surface area (Å²) in [5.41, 5.74) is 8.04. The summed E-state index contributed by atoms with van der Waals surface area (Å²) in [6.07, 6.45) is 1.57. The largest absolute Gasteiger partial charge is 0.508 e. The first-order valence-corrected chi connectivity index (χ1v) is 8.57. The van der Waals surface area contributed by atoms with Crippen LogP contribution < -0.4 is 15.5 Å². The van der Waals surface area contributed by atoms with E-state index < -0.39 is 0 Å². The maximum Gasteiger partial charge on any atom is 0.251 e. The Morgan fingerprint density at radius 1 is 1.44 bits per heavy atom. The number of phenols is 1. The van der Waals surface area contributed by atoms with E-state index in [1.165, 1.54) is 5.56 Å². The number of likely N-dealkylation sites (tertiary alicyclic amines) is 1. The molecule has 2 aliphatic rings. The Morgan fingerprint density at radius 2 is 2.24 bits per heavy atom. The van der Waals surface area contributed by atoms with E-state index in [0.717, 1.165) is 37.7 Å². The maximum absolute atomic E-state index is 9.71. The quantitative estimate of drug-likeness (QED) is 0.717. The van der Waals surface area contributed by atoms with Crippen LogP contribution in [0.4, 0.5) is 17.5 Å². The number of aromatic hydroxyl groups is 1. The molecule has 1 aromatic carbocycles. The molecular formula is C17H21ClN5O2+. The minimum atomic E-state index is -0.000183. The highest BCUT2D eigenvalue weighted by atomic mass is 35.5. The van der Waals surface area contributed by atoms with Gasteiger partial charge in [-0.3, -0.25) is 4.48 Å². The zero-order chi connectivity index (χ0) is 17.7. The number of hydrogen-bond acceptors (Lipinski definition) is 6. The molecule has 0 atom stereocenters. The van der Waals surface area contributed by atoms with Gasteiger partial charge in [-0.05, 0) is 11.6 Å². The lowest BCUT2D eigenvalue weighted by Crippen LogP contribution is -2.75. The average Bonchev–Trinajstić information content (AvgIpc) is 2.92. The van der Waals surface area contributed by atoms with Crippen molar-refractivity contribution in [2.75, 3.05) is 50.9 Å². The molecule has 1 fully saturated rings. The fourth-order valence-corrected chi connectivity index (χ4v) is 4.55. The number of aromatic nitrogens is 2. The molecule has 1 aromatic heterocycles. The maximum atomic E-state index is 9.71. The monoisotopic (exact) mass is 362 g/mol. The van der Waals surface area contributed by atoms with E-state index in [1.807, 2.05) is 6.07 Å². The van der Waals surface area contributed by atoms with Crippen LogP contribution in [0.3, 0.4) is 0 Å². The van der Waals surface area contributed by atoms with Gasteiger partial charge in [0, 0.05) is 25.4 Å². The molecule has 132 valence electrons. The van der Waals surface area contributed by atoms with Crippen molar-refractivity contribution in [1.29, 1.82) is 0 Å². The van der Waals surface area contributed by atoms with Gasteiger partial charge in [-0.25, -0.2) is 4.98 Å². The highest BCUT2D eigenvalue weighted by Gasteiger charge is 2.61. The molecule has 4 N–H and O–H groups in total. The SMILES string of the molecule is COCC[N+]1(c2nc(N)ncc2Cl)CC2(CNc3cc(O)ccc32)C1. The number of nitrogens with two attached hydrogens (primary N) is 1. The summed E-state index contributed by atoms with van der Waals surface area (Å²) < 4.78 is 5.93. The zero-order valence-electron chi connectivity index (χ0n) is 14.0. The summed E-state index contributed by atoms with van der Waals surface area (Å²) in [5, 5.41) is 13.7. The Morgan fingerprint density at radius 3 is 3.00 bits per heavy atom. The number of nitrogens with zero attached hydrogens (tertiary/aromatic N) is 3.